The monoisotopic (exact) mass is 215 g/mol. The minimum absolute atomic E-state index is 0.202. The largest absolute Gasteiger partial charge is 0.270 e. The quantitative estimate of drug-likeness (QED) is 0.501. The van der Waals surface area contributed by atoms with Crippen LogP contribution in [0, 0.1) is 5.92 Å². The Balaban J connectivity index is 2.31. The first kappa shape index (κ1) is 12.3. The zero-order chi connectivity index (χ0) is 11.3. The zero-order valence-electron chi connectivity index (χ0n) is 9.99. The molecule has 0 aromatic rings. The molecular formula is C11H22FN3. The Morgan fingerprint density at radius 3 is 2.67 bits per heavy atom. The van der Waals surface area contributed by atoms with E-state index in [1.165, 1.54) is 25.6 Å². The van der Waals surface area contributed by atoms with Crippen molar-refractivity contribution in [2.45, 2.75) is 52.6 Å². The number of halogens is 1. The summed E-state index contributed by atoms with van der Waals surface area (Å²) >= 11 is 0. The van der Waals surface area contributed by atoms with Gasteiger partial charge in [0.25, 0.3) is 0 Å². The molecule has 3 nitrogen and oxygen atoms in total. The molecule has 0 bridgehead atoms. The molecule has 1 unspecified atom stereocenters. The second kappa shape index (κ2) is 5.93. The van der Waals surface area contributed by atoms with Crippen molar-refractivity contribution in [2.75, 3.05) is 6.54 Å². The Morgan fingerprint density at radius 1 is 1.33 bits per heavy atom. The molecule has 0 radical (unpaired) electrons. The molecule has 1 aliphatic heterocycles. The molecule has 0 aliphatic carbocycles. The maximum Gasteiger partial charge on any atom is 0.151 e. The highest BCUT2D eigenvalue weighted by atomic mass is 19.2. The maximum atomic E-state index is 13.3. The number of hydrogen-bond acceptors (Lipinski definition) is 3. The van der Waals surface area contributed by atoms with Crippen molar-refractivity contribution in [2.24, 2.45) is 11.0 Å². The van der Waals surface area contributed by atoms with Crippen molar-refractivity contribution in [3.63, 3.8) is 0 Å². The number of rotatable bonds is 6. The second-order valence-corrected chi connectivity index (χ2v) is 4.46. The molecule has 1 heterocycles. The predicted octanol–water partition coefficient (Wildman–Crippen LogP) is 2.99. The average Bonchev–Trinajstić information content (AvgIpc) is 2.54. The van der Waals surface area contributed by atoms with Crippen LogP contribution < -0.4 is 0 Å². The summed E-state index contributed by atoms with van der Waals surface area (Å²) in [5.74, 6) is 0.253. The third-order valence-electron chi connectivity index (χ3n) is 2.71. The molecule has 0 aromatic carbocycles. The fourth-order valence-electron chi connectivity index (χ4n) is 1.90. The molecule has 0 spiro atoms. The van der Waals surface area contributed by atoms with E-state index in [1.807, 2.05) is 18.9 Å². The van der Waals surface area contributed by atoms with Crippen LogP contribution in [0.3, 0.4) is 0 Å². The Labute approximate surface area is 91.9 Å². The van der Waals surface area contributed by atoms with Gasteiger partial charge in [0, 0.05) is 6.54 Å². The molecule has 0 saturated heterocycles. The van der Waals surface area contributed by atoms with Gasteiger partial charge in [-0.3, -0.25) is 5.01 Å². The first-order valence-corrected chi connectivity index (χ1v) is 5.91. The van der Waals surface area contributed by atoms with Crippen LogP contribution in [0.2, 0.25) is 0 Å². The van der Waals surface area contributed by atoms with E-state index in [0.717, 1.165) is 13.0 Å². The van der Waals surface area contributed by atoms with E-state index in [0.29, 0.717) is 5.12 Å². The number of hydrazone groups is 1. The van der Waals surface area contributed by atoms with Gasteiger partial charge in [-0.1, -0.05) is 44.5 Å². The summed E-state index contributed by atoms with van der Waals surface area (Å²) in [5.41, 5.74) is 0. The average molecular weight is 215 g/mol. The summed E-state index contributed by atoms with van der Waals surface area (Å²) < 4.78 is 13.3. The lowest BCUT2D eigenvalue weighted by Gasteiger charge is -2.28. The number of unbranched alkanes of at least 4 members (excludes halogenated alkanes) is 3. The molecule has 0 aromatic heterocycles. The smallest absolute Gasteiger partial charge is 0.151 e. The van der Waals surface area contributed by atoms with Crippen LogP contribution in [-0.4, -0.2) is 29.2 Å². The van der Waals surface area contributed by atoms with Crippen molar-refractivity contribution in [1.82, 2.24) is 10.1 Å². The van der Waals surface area contributed by atoms with Gasteiger partial charge in [-0.05, 0) is 12.3 Å². The Morgan fingerprint density at radius 2 is 2.07 bits per heavy atom. The lowest BCUT2D eigenvalue weighted by molar-refractivity contribution is -0.0220. The van der Waals surface area contributed by atoms with E-state index in [2.05, 4.69) is 12.0 Å². The minimum atomic E-state index is -0.202. The first-order valence-electron chi connectivity index (χ1n) is 5.91. The third kappa shape index (κ3) is 3.36. The highest BCUT2D eigenvalue weighted by Crippen LogP contribution is 2.20. The van der Waals surface area contributed by atoms with Crippen LogP contribution in [-0.2, 0) is 0 Å². The highest BCUT2D eigenvalue weighted by Gasteiger charge is 2.30. The predicted molar refractivity (Wildman–Crippen MR) is 60.9 cm³/mol. The van der Waals surface area contributed by atoms with Crippen LogP contribution >= 0.6 is 0 Å². The van der Waals surface area contributed by atoms with Crippen molar-refractivity contribution >= 4 is 6.34 Å². The van der Waals surface area contributed by atoms with Gasteiger partial charge in [-0.2, -0.15) is 10.2 Å². The van der Waals surface area contributed by atoms with Crippen molar-refractivity contribution < 1.29 is 4.48 Å². The summed E-state index contributed by atoms with van der Waals surface area (Å²) in [6.45, 7) is 7.09. The van der Waals surface area contributed by atoms with Gasteiger partial charge in [0.05, 0.1) is 0 Å². The minimum Gasteiger partial charge on any atom is -0.270 e. The molecule has 1 rings (SSSR count). The summed E-state index contributed by atoms with van der Waals surface area (Å²) in [4.78, 5) is 0. The molecule has 0 N–H and O–H groups in total. The molecular weight excluding hydrogens is 193 g/mol. The van der Waals surface area contributed by atoms with Crippen LogP contribution in [0.5, 0.6) is 0 Å². The topological polar surface area (TPSA) is 18.8 Å². The van der Waals surface area contributed by atoms with Gasteiger partial charge in [-0.15, -0.1) is 0 Å². The fraction of sp³-hybridized carbons (Fsp3) is 0.909. The van der Waals surface area contributed by atoms with Crippen LogP contribution in [0.4, 0.5) is 4.48 Å². The standard InChI is InChI=1S/C11H22FN3/c1-4-5-6-7-8-15-11(10(2)3)14(12)9-13-15/h9-11H,4-8H2,1-3H3. The van der Waals surface area contributed by atoms with Gasteiger partial charge >= 0.3 is 0 Å². The van der Waals surface area contributed by atoms with Gasteiger partial charge in [0.2, 0.25) is 0 Å². The molecule has 4 heteroatoms. The van der Waals surface area contributed by atoms with E-state index < -0.39 is 0 Å². The van der Waals surface area contributed by atoms with Gasteiger partial charge in [0.15, 0.2) is 6.17 Å². The van der Waals surface area contributed by atoms with Gasteiger partial charge in [0.1, 0.15) is 6.34 Å². The lowest BCUT2D eigenvalue weighted by atomic mass is 10.1. The van der Waals surface area contributed by atoms with E-state index in [9.17, 15) is 4.48 Å². The van der Waals surface area contributed by atoms with Crippen LogP contribution in [0.15, 0.2) is 5.10 Å². The van der Waals surface area contributed by atoms with Crippen molar-refractivity contribution in [3.8, 4) is 0 Å². The van der Waals surface area contributed by atoms with E-state index in [1.54, 1.807) is 0 Å². The summed E-state index contributed by atoms with van der Waals surface area (Å²) in [6, 6.07) is 0. The molecule has 0 fully saturated rings. The summed E-state index contributed by atoms with van der Waals surface area (Å²) in [5, 5.41) is 6.65. The second-order valence-electron chi connectivity index (χ2n) is 4.46. The zero-order valence-corrected chi connectivity index (χ0v) is 9.99. The Bertz CT molecular complexity index is 206. The fourth-order valence-corrected chi connectivity index (χ4v) is 1.90. The number of hydrogen-bond donors (Lipinski definition) is 0. The van der Waals surface area contributed by atoms with Crippen molar-refractivity contribution in [3.05, 3.63) is 0 Å². The number of nitrogens with zero attached hydrogens (tertiary/aromatic N) is 3. The summed E-state index contributed by atoms with van der Waals surface area (Å²) in [6.07, 6.45) is 5.87. The first-order chi connectivity index (χ1) is 7.16. The van der Waals surface area contributed by atoms with E-state index in [-0.39, 0.29) is 12.1 Å². The van der Waals surface area contributed by atoms with E-state index in [4.69, 9.17) is 0 Å². The molecule has 15 heavy (non-hydrogen) atoms. The molecule has 1 aliphatic rings. The molecule has 88 valence electrons. The third-order valence-corrected chi connectivity index (χ3v) is 2.71. The van der Waals surface area contributed by atoms with Gasteiger partial charge < -0.3 is 0 Å². The summed E-state index contributed by atoms with van der Waals surface area (Å²) in [7, 11) is 0. The lowest BCUT2D eigenvalue weighted by Crippen LogP contribution is -2.40. The molecule has 0 amide bonds. The van der Waals surface area contributed by atoms with Crippen LogP contribution in [0.25, 0.3) is 0 Å². The molecule has 1 atom stereocenters. The Hall–Kier alpha value is -0.800. The SMILES string of the molecule is CCCCCCN1N=CN(F)C1C(C)C. The highest BCUT2D eigenvalue weighted by molar-refractivity contribution is 5.55. The van der Waals surface area contributed by atoms with Crippen molar-refractivity contribution in [1.29, 1.82) is 0 Å². The Kier molecular flexibility index (Phi) is 4.85. The normalized spacial score (nSPS) is 20.7. The van der Waals surface area contributed by atoms with E-state index >= 15 is 0 Å². The molecule has 0 saturated carbocycles. The van der Waals surface area contributed by atoms with Gasteiger partial charge in [-0.25, -0.2) is 0 Å². The maximum absolute atomic E-state index is 13.3. The van der Waals surface area contributed by atoms with Crippen LogP contribution in [0.1, 0.15) is 46.5 Å².